The number of aliphatic hydroxyl groups is 1. The summed E-state index contributed by atoms with van der Waals surface area (Å²) in [7, 11) is 1.84. The largest absolute Gasteiger partial charge is 0.439 e. The van der Waals surface area contributed by atoms with Gasteiger partial charge in [-0.3, -0.25) is 9.80 Å². The van der Waals surface area contributed by atoms with Gasteiger partial charge in [0.1, 0.15) is 17.3 Å². The van der Waals surface area contributed by atoms with Crippen LogP contribution in [0.25, 0.3) is 11.3 Å². The van der Waals surface area contributed by atoms with Gasteiger partial charge in [-0.2, -0.15) is 5.10 Å². The minimum absolute atomic E-state index is 0.353. The summed E-state index contributed by atoms with van der Waals surface area (Å²) in [5.41, 5.74) is 2.72. The molecule has 1 fully saturated rings. The molecule has 35 heavy (non-hydrogen) atoms. The summed E-state index contributed by atoms with van der Waals surface area (Å²) in [4.78, 5) is 4.49. The van der Waals surface area contributed by atoms with E-state index in [0.717, 1.165) is 42.9 Å². The van der Waals surface area contributed by atoms with Crippen LogP contribution >= 0.6 is 0 Å². The molecule has 188 valence electrons. The molecule has 2 aromatic carbocycles. The molecule has 1 atom stereocenters. The molecule has 1 saturated heterocycles. The maximum Gasteiger partial charge on any atom is 0.222 e. The van der Waals surface area contributed by atoms with Gasteiger partial charge in [-0.15, -0.1) is 0 Å². The first-order valence-corrected chi connectivity index (χ1v) is 12.3. The first-order chi connectivity index (χ1) is 17.0. The lowest BCUT2D eigenvalue weighted by molar-refractivity contribution is 0.00624. The van der Waals surface area contributed by atoms with Gasteiger partial charge in [0.05, 0.1) is 24.9 Å². The lowest BCUT2D eigenvalue weighted by Crippen LogP contribution is -2.44. The molecular formula is C27H35FN4O3. The normalized spacial score (nSPS) is 15.5. The van der Waals surface area contributed by atoms with Crippen LogP contribution in [0.4, 0.5) is 4.39 Å². The number of β-amino-alcohol motifs (C(OH)–C–C–N with tert-alkyl or cyclic N) is 1. The van der Waals surface area contributed by atoms with Crippen molar-refractivity contribution in [3.05, 3.63) is 66.0 Å². The second-order valence-corrected chi connectivity index (χ2v) is 8.98. The van der Waals surface area contributed by atoms with Crippen LogP contribution in [0.1, 0.15) is 18.9 Å². The van der Waals surface area contributed by atoms with Crippen LogP contribution in [-0.4, -0.2) is 76.7 Å². The van der Waals surface area contributed by atoms with Crippen molar-refractivity contribution in [2.24, 2.45) is 7.05 Å². The Hall–Kier alpha value is -2.78. The van der Waals surface area contributed by atoms with Gasteiger partial charge in [-0.25, -0.2) is 9.07 Å². The zero-order chi connectivity index (χ0) is 24.6. The third-order valence-corrected chi connectivity index (χ3v) is 6.11. The third-order valence-electron chi connectivity index (χ3n) is 6.11. The molecule has 1 aliphatic heterocycles. The van der Waals surface area contributed by atoms with Crippen molar-refractivity contribution < 1.29 is 19.0 Å². The van der Waals surface area contributed by atoms with Gasteiger partial charge < -0.3 is 14.6 Å². The molecule has 0 aliphatic carbocycles. The van der Waals surface area contributed by atoms with Crippen LogP contribution in [0.15, 0.2) is 54.6 Å². The Bertz CT molecular complexity index is 1070. The number of hydrogen-bond acceptors (Lipinski definition) is 6. The first-order valence-electron chi connectivity index (χ1n) is 12.3. The number of halogens is 1. The zero-order valence-corrected chi connectivity index (χ0v) is 20.6. The number of morpholine rings is 1. The van der Waals surface area contributed by atoms with Crippen molar-refractivity contribution in [1.29, 1.82) is 0 Å². The van der Waals surface area contributed by atoms with E-state index in [0.29, 0.717) is 44.5 Å². The van der Waals surface area contributed by atoms with E-state index < -0.39 is 6.10 Å². The Balaban J connectivity index is 1.60. The predicted molar refractivity (Wildman–Crippen MR) is 134 cm³/mol. The molecule has 0 radical (unpaired) electrons. The quantitative estimate of drug-likeness (QED) is 0.447. The third kappa shape index (κ3) is 6.89. The molecule has 8 heteroatoms. The first kappa shape index (κ1) is 25.3. The minimum Gasteiger partial charge on any atom is -0.439 e. The van der Waals surface area contributed by atoms with Crippen LogP contribution in [0, 0.1) is 5.82 Å². The summed E-state index contributed by atoms with van der Waals surface area (Å²) in [6.45, 7) is 7.77. The number of aliphatic hydroxyl groups excluding tert-OH is 1. The number of nitrogens with zero attached hydrogens (tertiary/aromatic N) is 4. The van der Waals surface area contributed by atoms with E-state index in [1.807, 2.05) is 37.4 Å². The maximum atomic E-state index is 13.8. The summed E-state index contributed by atoms with van der Waals surface area (Å²) < 4.78 is 27.1. The van der Waals surface area contributed by atoms with E-state index in [-0.39, 0.29) is 5.82 Å². The summed E-state index contributed by atoms with van der Waals surface area (Å²) >= 11 is 0. The summed E-state index contributed by atoms with van der Waals surface area (Å²) in [6.07, 6.45) is 0.467. The van der Waals surface area contributed by atoms with E-state index >= 15 is 0 Å². The smallest absolute Gasteiger partial charge is 0.222 e. The number of aryl methyl sites for hydroxylation is 1. The minimum atomic E-state index is -0.482. The molecule has 0 saturated carbocycles. The molecule has 0 amide bonds. The van der Waals surface area contributed by atoms with Crippen molar-refractivity contribution in [2.75, 3.05) is 45.9 Å². The molecule has 0 spiro atoms. The van der Waals surface area contributed by atoms with Crippen molar-refractivity contribution in [3.8, 4) is 22.9 Å². The van der Waals surface area contributed by atoms with E-state index in [1.165, 1.54) is 12.1 Å². The average molecular weight is 483 g/mol. The summed E-state index contributed by atoms with van der Waals surface area (Å²) in [5.74, 6) is 0.634. The maximum absolute atomic E-state index is 13.8. The van der Waals surface area contributed by atoms with Gasteiger partial charge in [-0.1, -0.05) is 43.3 Å². The topological polar surface area (TPSA) is 63.0 Å². The summed E-state index contributed by atoms with van der Waals surface area (Å²) in [6, 6.07) is 16.1. The Labute approximate surface area is 206 Å². The molecule has 4 rings (SSSR count). The molecule has 1 aromatic heterocycles. The fourth-order valence-corrected chi connectivity index (χ4v) is 4.50. The van der Waals surface area contributed by atoms with Crippen LogP contribution < -0.4 is 4.74 Å². The highest BCUT2D eigenvalue weighted by Gasteiger charge is 2.24. The molecule has 0 unspecified atom stereocenters. The van der Waals surface area contributed by atoms with Crippen LogP contribution in [0.5, 0.6) is 11.6 Å². The van der Waals surface area contributed by atoms with E-state index in [9.17, 15) is 9.50 Å². The van der Waals surface area contributed by atoms with Gasteiger partial charge in [0, 0.05) is 51.4 Å². The Morgan fingerprint density at radius 1 is 1.14 bits per heavy atom. The second kappa shape index (κ2) is 12.3. The Morgan fingerprint density at radius 3 is 2.63 bits per heavy atom. The average Bonchev–Trinajstić information content (AvgIpc) is 3.15. The Morgan fingerprint density at radius 2 is 1.91 bits per heavy atom. The highest BCUT2D eigenvalue weighted by molar-refractivity contribution is 5.65. The number of ether oxygens (including phenoxy) is 2. The van der Waals surface area contributed by atoms with Crippen molar-refractivity contribution in [2.45, 2.75) is 26.0 Å². The molecule has 2 heterocycles. The highest BCUT2D eigenvalue weighted by atomic mass is 19.1. The van der Waals surface area contributed by atoms with Crippen LogP contribution in [0.2, 0.25) is 0 Å². The standard InChI is InChI=1S/C27H35FN4O3/c1-3-12-32(19-23(33)18-31-13-15-34-16-14-31)20-25-26(21-8-5-4-6-9-21)29-30(2)27(25)35-24-11-7-10-22(28)17-24/h4-11,17,23,33H,3,12-16,18-20H2,1-2H3/t23-/m1/s1. The molecular weight excluding hydrogens is 447 g/mol. The van der Waals surface area contributed by atoms with Gasteiger partial charge in [0.15, 0.2) is 0 Å². The fourth-order valence-electron chi connectivity index (χ4n) is 4.50. The van der Waals surface area contributed by atoms with Gasteiger partial charge >= 0.3 is 0 Å². The SMILES string of the molecule is CCCN(Cc1c(-c2ccccc2)nn(C)c1Oc1cccc(F)c1)C[C@H](O)CN1CCOCC1. The molecule has 3 aromatic rings. The monoisotopic (exact) mass is 482 g/mol. The summed E-state index contributed by atoms with van der Waals surface area (Å²) in [5, 5.41) is 15.7. The molecule has 7 nitrogen and oxygen atoms in total. The lowest BCUT2D eigenvalue weighted by atomic mass is 10.1. The fraction of sp³-hybridized carbons (Fsp3) is 0.444. The number of benzene rings is 2. The van der Waals surface area contributed by atoms with Gasteiger partial charge in [0.25, 0.3) is 0 Å². The van der Waals surface area contributed by atoms with Crippen LogP contribution in [0.3, 0.4) is 0 Å². The van der Waals surface area contributed by atoms with Crippen molar-refractivity contribution in [1.82, 2.24) is 19.6 Å². The second-order valence-electron chi connectivity index (χ2n) is 8.98. The van der Waals surface area contributed by atoms with Gasteiger partial charge in [-0.05, 0) is 25.1 Å². The van der Waals surface area contributed by atoms with E-state index in [4.69, 9.17) is 14.6 Å². The Kier molecular flexibility index (Phi) is 8.87. The number of rotatable bonds is 11. The number of aromatic nitrogens is 2. The zero-order valence-electron chi connectivity index (χ0n) is 20.6. The molecule has 0 bridgehead atoms. The van der Waals surface area contributed by atoms with E-state index in [2.05, 4.69) is 16.7 Å². The number of hydrogen-bond donors (Lipinski definition) is 1. The highest BCUT2D eigenvalue weighted by Crippen LogP contribution is 2.34. The van der Waals surface area contributed by atoms with Crippen LogP contribution in [-0.2, 0) is 18.3 Å². The predicted octanol–water partition coefficient (Wildman–Crippen LogP) is 3.92. The molecule has 1 aliphatic rings. The van der Waals surface area contributed by atoms with Crippen molar-refractivity contribution >= 4 is 0 Å². The van der Waals surface area contributed by atoms with Gasteiger partial charge in [0.2, 0.25) is 5.88 Å². The van der Waals surface area contributed by atoms with Crippen molar-refractivity contribution in [3.63, 3.8) is 0 Å². The molecule has 1 N–H and O–H groups in total. The lowest BCUT2D eigenvalue weighted by Gasteiger charge is -2.31. The van der Waals surface area contributed by atoms with E-state index in [1.54, 1.807) is 16.8 Å².